The van der Waals surface area contributed by atoms with Gasteiger partial charge < -0.3 is 20.1 Å². The second-order valence-electron chi connectivity index (χ2n) is 7.18. The normalized spacial score (nSPS) is 15.2. The number of amides is 1. The van der Waals surface area contributed by atoms with Crippen LogP contribution in [-0.2, 0) is 19.1 Å². The van der Waals surface area contributed by atoms with Crippen molar-refractivity contribution in [3.8, 4) is 0 Å². The standard InChI is InChI=1S/C22H22N2O5/c1-13-7-5-8-14(2)18(13)24-19(25)15-9-6-10-16(11-15)23-12-17-20(26)28-22(3,4)29-21(17)27/h5-12,23H,1-4H3,(H,24,25). The fraction of sp³-hybridized carbons (Fsp3) is 0.227. The highest BCUT2D eigenvalue weighted by molar-refractivity contribution is 6.15. The van der Waals surface area contributed by atoms with E-state index in [0.29, 0.717) is 11.3 Å². The average Bonchev–Trinajstić information content (AvgIpc) is 2.63. The van der Waals surface area contributed by atoms with Crippen LogP contribution in [0.25, 0.3) is 0 Å². The monoisotopic (exact) mass is 394 g/mol. The molecule has 150 valence electrons. The summed E-state index contributed by atoms with van der Waals surface area (Å²) in [5, 5.41) is 5.76. The first-order valence-electron chi connectivity index (χ1n) is 9.07. The fourth-order valence-corrected chi connectivity index (χ4v) is 2.88. The number of carbonyl (C=O) groups excluding carboxylic acids is 3. The van der Waals surface area contributed by atoms with E-state index in [1.807, 2.05) is 32.0 Å². The van der Waals surface area contributed by atoms with Crippen LogP contribution in [0.1, 0.15) is 35.3 Å². The van der Waals surface area contributed by atoms with Crippen LogP contribution in [-0.4, -0.2) is 23.6 Å². The van der Waals surface area contributed by atoms with E-state index in [0.717, 1.165) is 16.8 Å². The molecule has 3 rings (SSSR count). The van der Waals surface area contributed by atoms with E-state index in [1.54, 1.807) is 24.3 Å². The van der Waals surface area contributed by atoms with Crippen molar-refractivity contribution in [2.45, 2.75) is 33.5 Å². The largest absolute Gasteiger partial charge is 0.419 e. The Morgan fingerprint density at radius 3 is 2.17 bits per heavy atom. The lowest BCUT2D eigenvalue weighted by Gasteiger charge is -2.29. The van der Waals surface area contributed by atoms with Gasteiger partial charge in [0.2, 0.25) is 0 Å². The maximum absolute atomic E-state index is 12.6. The van der Waals surface area contributed by atoms with Crippen LogP contribution >= 0.6 is 0 Å². The minimum atomic E-state index is -1.29. The van der Waals surface area contributed by atoms with Crippen molar-refractivity contribution in [3.05, 3.63) is 70.9 Å². The first kappa shape index (κ1) is 20.1. The summed E-state index contributed by atoms with van der Waals surface area (Å²) >= 11 is 0. The van der Waals surface area contributed by atoms with Gasteiger partial charge in [0.25, 0.3) is 11.7 Å². The second kappa shape index (κ2) is 7.79. The average molecular weight is 394 g/mol. The summed E-state index contributed by atoms with van der Waals surface area (Å²) in [6.07, 6.45) is 1.21. The Morgan fingerprint density at radius 2 is 1.55 bits per heavy atom. The maximum Gasteiger partial charge on any atom is 0.350 e. The Labute approximate surface area is 168 Å². The molecule has 0 unspecified atom stereocenters. The summed E-state index contributed by atoms with van der Waals surface area (Å²) in [6.45, 7) is 6.81. The van der Waals surface area contributed by atoms with Crippen LogP contribution in [0.15, 0.2) is 54.2 Å². The fourth-order valence-electron chi connectivity index (χ4n) is 2.88. The summed E-state index contributed by atoms with van der Waals surface area (Å²) < 4.78 is 10.1. The van der Waals surface area contributed by atoms with Crippen molar-refractivity contribution in [1.82, 2.24) is 0 Å². The first-order chi connectivity index (χ1) is 13.7. The number of anilines is 2. The SMILES string of the molecule is Cc1cccc(C)c1NC(=O)c1cccc(NC=C2C(=O)OC(C)(C)OC2=O)c1. The molecule has 2 N–H and O–H groups in total. The summed E-state index contributed by atoms with van der Waals surface area (Å²) in [7, 11) is 0. The molecule has 7 nitrogen and oxygen atoms in total. The molecule has 0 aromatic heterocycles. The Morgan fingerprint density at radius 1 is 0.966 bits per heavy atom. The number of ether oxygens (including phenoxy) is 2. The van der Waals surface area contributed by atoms with E-state index in [4.69, 9.17) is 9.47 Å². The number of carbonyl (C=O) groups is 3. The van der Waals surface area contributed by atoms with Crippen LogP contribution in [0, 0.1) is 13.8 Å². The molecule has 1 aliphatic rings. The number of hydrogen-bond donors (Lipinski definition) is 2. The number of rotatable bonds is 4. The number of benzene rings is 2. The molecule has 1 heterocycles. The molecule has 0 aliphatic carbocycles. The Hall–Kier alpha value is -3.61. The predicted octanol–water partition coefficient (Wildman–Crippen LogP) is 3.69. The Balaban J connectivity index is 1.75. The molecule has 0 radical (unpaired) electrons. The lowest BCUT2D eigenvalue weighted by Crippen LogP contribution is -2.42. The Kier molecular flexibility index (Phi) is 5.41. The zero-order valence-electron chi connectivity index (χ0n) is 16.7. The van der Waals surface area contributed by atoms with Crippen molar-refractivity contribution in [2.75, 3.05) is 10.6 Å². The first-order valence-corrected chi connectivity index (χ1v) is 9.07. The van der Waals surface area contributed by atoms with E-state index >= 15 is 0 Å². The van der Waals surface area contributed by atoms with Gasteiger partial charge in [0.1, 0.15) is 0 Å². The van der Waals surface area contributed by atoms with Gasteiger partial charge in [0, 0.05) is 37.0 Å². The van der Waals surface area contributed by atoms with Gasteiger partial charge in [-0.15, -0.1) is 0 Å². The molecule has 0 spiro atoms. The van der Waals surface area contributed by atoms with Crippen molar-refractivity contribution < 1.29 is 23.9 Å². The van der Waals surface area contributed by atoms with Gasteiger partial charge in [0.05, 0.1) is 0 Å². The van der Waals surface area contributed by atoms with Crippen molar-refractivity contribution in [2.24, 2.45) is 0 Å². The van der Waals surface area contributed by atoms with Crippen LogP contribution in [0.2, 0.25) is 0 Å². The van der Waals surface area contributed by atoms with Gasteiger partial charge in [-0.05, 0) is 43.2 Å². The number of hydrogen-bond acceptors (Lipinski definition) is 6. The third-order valence-corrected chi connectivity index (χ3v) is 4.34. The van der Waals surface area contributed by atoms with Gasteiger partial charge in [-0.1, -0.05) is 24.3 Å². The molecule has 2 aromatic carbocycles. The smallest absolute Gasteiger partial charge is 0.350 e. The van der Waals surface area contributed by atoms with Crippen LogP contribution < -0.4 is 10.6 Å². The van der Waals surface area contributed by atoms with Crippen molar-refractivity contribution in [3.63, 3.8) is 0 Å². The van der Waals surface area contributed by atoms with Crippen LogP contribution in [0.4, 0.5) is 11.4 Å². The van der Waals surface area contributed by atoms with E-state index in [-0.39, 0.29) is 11.5 Å². The molecular formula is C22H22N2O5. The highest BCUT2D eigenvalue weighted by atomic mass is 16.7. The van der Waals surface area contributed by atoms with Gasteiger partial charge in [-0.3, -0.25) is 4.79 Å². The van der Waals surface area contributed by atoms with Gasteiger partial charge >= 0.3 is 11.9 Å². The molecule has 0 bridgehead atoms. The summed E-state index contributed by atoms with van der Waals surface area (Å²) in [5.74, 6) is -3.11. The molecule has 29 heavy (non-hydrogen) atoms. The molecule has 1 aliphatic heterocycles. The van der Waals surface area contributed by atoms with Gasteiger partial charge in [-0.25, -0.2) is 9.59 Å². The van der Waals surface area contributed by atoms with Gasteiger partial charge in [-0.2, -0.15) is 0 Å². The molecule has 1 saturated heterocycles. The molecular weight excluding hydrogens is 372 g/mol. The maximum atomic E-state index is 12.6. The predicted molar refractivity (Wildman–Crippen MR) is 108 cm³/mol. The Bertz CT molecular complexity index is 981. The van der Waals surface area contributed by atoms with E-state index in [1.165, 1.54) is 20.0 Å². The number of para-hydroxylation sites is 1. The molecule has 1 amide bonds. The summed E-state index contributed by atoms with van der Waals surface area (Å²) in [5.41, 5.74) is 3.40. The molecule has 0 atom stereocenters. The lowest BCUT2D eigenvalue weighted by molar-refractivity contribution is -0.222. The zero-order chi connectivity index (χ0) is 21.2. The number of nitrogens with one attached hydrogen (secondary N) is 2. The zero-order valence-corrected chi connectivity index (χ0v) is 16.7. The van der Waals surface area contributed by atoms with E-state index < -0.39 is 17.7 Å². The van der Waals surface area contributed by atoms with Crippen LogP contribution in [0.3, 0.4) is 0 Å². The van der Waals surface area contributed by atoms with E-state index in [9.17, 15) is 14.4 Å². The highest BCUT2D eigenvalue weighted by Crippen LogP contribution is 2.23. The minimum Gasteiger partial charge on any atom is -0.419 e. The van der Waals surface area contributed by atoms with E-state index in [2.05, 4.69) is 10.6 Å². The third-order valence-electron chi connectivity index (χ3n) is 4.34. The van der Waals surface area contributed by atoms with Gasteiger partial charge in [0.15, 0.2) is 5.57 Å². The number of aryl methyl sites for hydroxylation is 2. The number of esters is 2. The molecule has 2 aromatic rings. The van der Waals surface area contributed by atoms with Crippen LogP contribution in [0.5, 0.6) is 0 Å². The third kappa shape index (κ3) is 4.63. The van der Waals surface area contributed by atoms with Crippen molar-refractivity contribution in [1.29, 1.82) is 0 Å². The van der Waals surface area contributed by atoms with Crippen molar-refractivity contribution >= 4 is 29.2 Å². The lowest BCUT2D eigenvalue weighted by atomic mass is 10.1. The number of cyclic esters (lactones) is 2. The minimum absolute atomic E-state index is 0.255. The molecule has 7 heteroatoms. The molecule has 1 fully saturated rings. The summed E-state index contributed by atoms with van der Waals surface area (Å²) in [4.78, 5) is 36.6. The second-order valence-corrected chi connectivity index (χ2v) is 7.18. The highest BCUT2D eigenvalue weighted by Gasteiger charge is 2.38. The molecule has 0 saturated carbocycles. The topological polar surface area (TPSA) is 93.7 Å². The quantitative estimate of drug-likeness (QED) is 0.467. The summed E-state index contributed by atoms with van der Waals surface area (Å²) in [6, 6.07) is 12.5.